The van der Waals surface area contributed by atoms with Gasteiger partial charge in [-0.05, 0) is 84.6 Å². The van der Waals surface area contributed by atoms with Crippen molar-refractivity contribution in [3.63, 3.8) is 0 Å². The molecule has 0 atom stereocenters. The molecule has 0 aliphatic carbocycles. The van der Waals surface area contributed by atoms with Crippen LogP contribution in [0.5, 0.6) is 0 Å². The van der Waals surface area contributed by atoms with Gasteiger partial charge in [-0.1, -0.05) is 30.7 Å². The molecule has 2 aromatic carbocycles. The van der Waals surface area contributed by atoms with Gasteiger partial charge in [-0.2, -0.15) is 4.68 Å². The van der Waals surface area contributed by atoms with Crippen molar-refractivity contribution in [3.05, 3.63) is 53.6 Å². The van der Waals surface area contributed by atoms with Crippen LogP contribution in [0.1, 0.15) is 36.8 Å². The summed E-state index contributed by atoms with van der Waals surface area (Å²) < 4.78 is 1.67. The number of thioether (sulfide) groups is 1. The lowest BCUT2D eigenvalue weighted by molar-refractivity contribution is -0.113. The number of benzene rings is 2. The highest BCUT2D eigenvalue weighted by Crippen LogP contribution is 2.23. The molecule has 1 N–H and O–H groups in total. The molecule has 1 aliphatic rings. The average Bonchev–Trinajstić information content (AvgIpc) is 3.05. The highest BCUT2D eigenvalue weighted by Gasteiger charge is 2.13. The third kappa shape index (κ3) is 5.64. The van der Waals surface area contributed by atoms with Crippen LogP contribution >= 0.6 is 11.8 Å². The van der Waals surface area contributed by atoms with E-state index in [0.29, 0.717) is 5.16 Å². The van der Waals surface area contributed by atoms with E-state index < -0.39 is 0 Å². The van der Waals surface area contributed by atoms with Crippen LogP contribution in [0, 0.1) is 13.8 Å². The molecule has 8 heteroatoms. The summed E-state index contributed by atoms with van der Waals surface area (Å²) in [7, 11) is 0. The van der Waals surface area contributed by atoms with Gasteiger partial charge < -0.3 is 10.2 Å². The fraction of sp³-hybridized carbons (Fsp3) is 0.391. The van der Waals surface area contributed by atoms with E-state index >= 15 is 0 Å². The lowest BCUT2D eigenvalue weighted by Gasteiger charge is -2.22. The number of carbonyl (C=O) groups excluding carboxylic acids is 1. The summed E-state index contributed by atoms with van der Waals surface area (Å²) >= 11 is 1.32. The van der Waals surface area contributed by atoms with E-state index in [1.807, 2.05) is 38.1 Å². The Morgan fingerprint density at radius 2 is 1.65 bits per heavy atom. The molecule has 7 nitrogen and oxygen atoms in total. The van der Waals surface area contributed by atoms with Gasteiger partial charge in [-0.3, -0.25) is 4.79 Å². The van der Waals surface area contributed by atoms with E-state index in [9.17, 15) is 4.79 Å². The van der Waals surface area contributed by atoms with Crippen LogP contribution in [0.15, 0.2) is 47.6 Å². The zero-order valence-corrected chi connectivity index (χ0v) is 18.9. The van der Waals surface area contributed by atoms with Gasteiger partial charge in [-0.25, -0.2) is 0 Å². The molecular weight excluding hydrogens is 408 g/mol. The zero-order valence-electron chi connectivity index (χ0n) is 18.0. The summed E-state index contributed by atoms with van der Waals surface area (Å²) in [6.07, 6.45) is 5.12. The van der Waals surface area contributed by atoms with Crippen LogP contribution in [-0.4, -0.2) is 45.0 Å². The van der Waals surface area contributed by atoms with Crippen molar-refractivity contribution >= 4 is 29.0 Å². The first kappa shape index (κ1) is 21.4. The van der Waals surface area contributed by atoms with Gasteiger partial charge in [0, 0.05) is 24.5 Å². The van der Waals surface area contributed by atoms with E-state index in [0.717, 1.165) is 35.6 Å². The van der Waals surface area contributed by atoms with Crippen molar-refractivity contribution in [2.45, 2.75) is 44.7 Å². The molecule has 1 aromatic heterocycles. The number of aryl methyl sites for hydroxylation is 2. The molecule has 1 amide bonds. The summed E-state index contributed by atoms with van der Waals surface area (Å²) in [5.74, 6) is 0.154. The minimum Gasteiger partial charge on any atom is -0.372 e. The number of anilines is 2. The van der Waals surface area contributed by atoms with Crippen molar-refractivity contribution in [2.75, 3.05) is 29.1 Å². The maximum absolute atomic E-state index is 12.5. The van der Waals surface area contributed by atoms with Gasteiger partial charge in [0.15, 0.2) is 0 Å². The van der Waals surface area contributed by atoms with Crippen LogP contribution in [0.2, 0.25) is 0 Å². The lowest BCUT2D eigenvalue weighted by Crippen LogP contribution is -2.23. The molecule has 1 aliphatic heterocycles. The van der Waals surface area contributed by atoms with Gasteiger partial charge >= 0.3 is 0 Å². The summed E-state index contributed by atoms with van der Waals surface area (Å²) in [6.45, 7) is 6.30. The van der Waals surface area contributed by atoms with Crippen LogP contribution in [0.4, 0.5) is 11.4 Å². The second-order valence-corrected chi connectivity index (χ2v) is 8.95. The number of nitrogens with one attached hydrogen (secondary N) is 1. The Morgan fingerprint density at radius 3 is 2.32 bits per heavy atom. The Hall–Kier alpha value is -2.87. The Bertz CT molecular complexity index is 1000. The number of tetrazole rings is 1. The summed E-state index contributed by atoms with van der Waals surface area (Å²) in [5.41, 5.74) is 5.21. The fourth-order valence-electron chi connectivity index (χ4n) is 3.92. The smallest absolute Gasteiger partial charge is 0.234 e. The van der Waals surface area contributed by atoms with Gasteiger partial charge in [0.05, 0.1) is 11.4 Å². The molecule has 1 saturated heterocycles. The number of carbonyl (C=O) groups is 1. The van der Waals surface area contributed by atoms with Crippen LogP contribution in [0.25, 0.3) is 5.69 Å². The normalized spacial score (nSPS) is 14.3. The number of amides is 1. The van der Waals surface area contributed by atoms with Crippen molar-refractivity contribution in [1.29, 1.82) is 0 Å². The average molecular weight is 437 g/mol. The summed E-state index contributed by atoms with van der Waals surface area (Å²) in [6, 6.07) is 14.3. The van der Waals surface area contributed by atoms with Gasteiger partial charge in [-0.15, -0.1) is 5.10 Å². The molecule has 4 rings (SSSR count). The Labute approximate surface area is 187 Å². The maximum atomic E-state index is 12.5. The molecule has 0 unspecified atom stereocenters. The second kappa shape index (κ2) is 9.96. The lowest BCUT2D eigenvalue weighted by atomic mass is 10.1. The molecule has 2 heterocycles. The largest absolute Gasteiger partial charge is 0.372 e. The topological polar surface area (TPSA) is 75.9 Å². The van der Waals surface area contributed by atoms with Gasteiger partial charge in [0.1, 0.15) is 0 Å². The number of rotatable bonds is 6. The highest BCUT2D eigenvalue weighted by molar-refractivity contribution is 7.99. The number of nitrogens with zero attached hydrogens (tertiary/aromatic N) is 5. The van der Waals surface area contributed by atoms with Crippen LogP contribution in [-0.2, 0) is 4.79 Å². The standard InChI is InChI=1S/C23H28N6OS/c1-17-13-18(2)15-21(14-17)29-23(25-26-27-29)31-16-22(30)24-19-7-9-20(10-8-19)28-11-5-3-4-6-12-28/h7-10,13-15H,3-6,11-12,16H2,1-2H3,(H,24,30). The third-order valence-electron chi connectivity index (χ3n) is 5.35. The third-order valence-corrected chi connectivity index (χ3v) is 6.27. The van der Waals surface area contributed by atoms with Crippen LogP contribution in [0.3, 0.4) is 0 Å². The maximum Gasteiger partial charge on any atom is 0.234 e. The van der Waals surface area contributed by atoms with E-state index in [2.05, 4.69) is 43.9 Å². The monoisotopic (exact) mass is 436 g/mol. The number of hydrogen-bond acceptors (Lipinski definition) is 6. The van der Waals surface area contributed by atoms with E-state index in [1.54, 1.807) is 4.68 Å². The predicted octanol–water partition coefficient (Wildman–Crippen LogP) is 4.39. The molecule has 0 radical (unpaired) electrons. The van der Waals surface area contributed by atoms with Gasteiger partial charge in [0.2, 0.25) is 11.1 Å². The Kier molecular flexibility index (Phi) is 6.86. The van der Waals surface area contributed by atoms with Crippen molar-refractivity contribution in [3.8, 4) is 5.69 Å². The Balaban J connectivity index is 1.34. The minimum atomic E-state index is -0.0810. The first-order chi connectivity index (χ1) is 15.1. The summed E-state index contributed by atoms with van der Waals surface area (Å²) in [4.78, 5) is 14.9. The molecular formula is C23H28N6OS. The first-order valence-corrected chi connectivity index (χ1v) is 11.7. The molecule has 162 valence electrons. The second-order valence-electron chi connectivity index (χ2n) is 8.00. The van der Waals surface area contributed by atoms with E-state index in [1.165, 1.54) is 43.1 Å². The zero-order chi connectivity index (χ0) is 21.6. The van der Waals surface area contributed by atoms with Crippen molar-refractivity contribution in [1.82, 2.24) is 20.2 Å². The first-order valence-electron chi connectivity index (χ1n) is 10.7. The molecule has 0 saturated carbocycles. The number of aromatic nitrogens is 4. The summed E-state index contributed by atoms with van der Waals surface area (Å²) in [5, 5.41) is 15.5. The fourth-order valence-corrected chi connectivity index (χ4v) is 4.61. The molecule has 3 aromatic rings. The molecule has 31 heavy (non-hydrogen) atoms. The molecule has 0 bridgehead atoms. The molecule has 1 fully saturated rings. The quantitative estimate of drug-likeness (QED) is 0.578. The minimum absolute atomic E-state index is 0.0810. The van der Waals surface area contributed by atoms with E-state index in [-0.39, 0.29) is 11.7 Å². The number of hydrogen-bond donors (Lipinski definition) is 1. The van der Waals surface area contributed by atoms with Gasteiger partial charge in [0.25, 0.3) is 0 Å². The van der Waals surface area contributed by atoms with Crippen molar-refractivity contribution < 1.29 is 4.79 Å². The van der Waals surface area contributed by atoms with E-state index in [4.69, 9.17) is 0 Å². The van der Waals surface area contributed by atoms with Crippen molar-refractivity contribution in [2.24, 2.45) is 0 Å². The van der Waals surface area contributed by atoms with Crippen LogP contribution < -0.4 is 10.2 Å². The predicted molar refractivity (Wildman–Crippen MR) is 125 cm³/mol. The Morgan fingerprint density at radius 1 is 0.968 bits per heavy atom. The highest BCUT2D eigenvalue weighted by atomic mass is 32.2. The molecule has 0 spiro atoms. The SMILES string of the molecule is Cc1cc(C)cc(-n2nnnc2SCC(=O)Nc2ccc(N3CCCCCC3)cc2)c1.